The second-order valence-corrected chi connectivity index (χ2v) is 10.4. The fourth-order valence-electron chi connectivity index (χ4n) is 5.14. The van der Waals surface area contributed by atoms with Gasteiger partial charge in [-0.25, -0.2) is 15.0 Å². The van der Waals surface area contributed by atoms with E-state index in [0.717, 1.165) is 0 Å². The summed E-state index contributed by atoms with van der Waals surface area (Å²) in [5, 5.41) is 2.75. The van der Waals surface area contributed by atoms with E-state index in [2.05, 4.69) is 20.3 Å². The van der Waals surface area contributed by atoms with Gasteiger partial charge in [-0.2, -0.15) is 0 Å². The van der Waals surface area contributed by atoms with Crippen molar-refractivity contribution in [3.8, 4) is 0 Å². The number of imidazole rings is 1. The van der Waals surface area contributed by atoms with Crippen LogP contribution in [0.5, 0.6) is 0 Å². The lowest BCUT2D eigenvalue weighted by Gasteiger charge is -2.25. The van der Waals surface area contributed by atoms with E-state index >= 15 is 0 Å². The topological polar surface area (TPSA) is 187 Å². The number of nitrogens with one attached hydrogen (secondary N) is 1. The van der Waals surface area contributed by atoms with Crippen LogP contribution < -0.4 is 11.1 Å². The third-order valence-electron chi connectivity index (χ3n) is 7.30. The van der Waals surface area contributed by atoms with Gasteiger partial charge in [-0.05, 0) is 43.9 Å². The summed E-state index contributed by atoms with van der Waals surface area (Å²) in [5.74, 6) is -2.12. The summed E-state index contributed by atoms with van der Waals surface area (Å²) < 4.78 is 24.1. The predicted octanol–water partition coefficient (Wildman–Crippen LogP) is 2.39. The number of carbonyl (C=O) groups excluding carboxylic acids is 4. The third-order valence-corrected chi connectivity index (χ3v) is 7.30. The van der Waals surface area contributed by atoms with Crippen LogP contribution in [0.25, 0.3) is 11.2 Å². The van der Waals surface area contributed by atoms with Gasteiger partial charge >= 0.3 is 17.9 Å². The standard InChI is InChI=1S/C29H36N6O8/c1-16(29(39)40-4)10-11-19(13-30)12-21-23(41-17(2)36)24(42-18(3)37)28(43-21)35-15-33-22-25(31-14-32-26(22)35)34-27(38)20-8-6-5-7-9-20/h5-9,14-16,19,21,23-24,28H,10-13,30H2,1-4H3,(H,31,32,34,38)/t16-,19-,21+,23-,24?,28+/m0/s1. The number of carbonyl (C=O) groups is 4. The van der Waals surface area contributed by atoms with Crippen LogP contribution in [0.2, 0.25) is 0 Å². The summed E-state index contributed by atoms with van der Waals surface area (Å²) in [6.07, 6.45) is 0.486. The molecule has 0 spiro atoms. The van der Waals surface area contributed by atoms with Crippen LogP contribution in [0.15, 0.2) is 43.0 Å². The molecule has 3 heterocycles. The average Bonchev–Trinajstić information content (AvgIpc) is 3.56. The second-order valence-electron chi connectivity index (χ2n) is 10.4. The zero-order valence-electron chi connectivity index (χ0n) is 24.5. The molecule has 1 aromatic carbocycles. The quantitative estimate of drug-likeness (QED) is 0.230. The molecule has 3 N–H and O–H groups in total. The SMILES string of the molecule is COC(=O)[C@@H](C)CC[C@H](CN)C[C@H]1O[C@@H](n2cnc3c(NC(=O)c4ccccc4)ncnc32)C(OC(C)=O)[C@H]1OC(C)=O. The highest BCUT2D eigenvalue weighted by atomic mass is 16.6. The van der Waals surface area contributed by atoms with E-state index in [1.165, 1.54) is 33.6 Å². The van der Waals surface area contributed by atoms with E-state index < -0.39 is 36.5 Å². The van der Waals surface area contributed by atoms with Gasteiger partial charge in [-0.1, -0.05) is 25.1 Å². The van der Waals surface area contributed by atoms with Gasteiger partial charge in [-0.15, -0.1) is 0 Å². The van der Waals surface area contributed by atoms with Crippen LogP contribution in [0, 0.1) is 11.8 Å². The van der Waals surface area contributed by atoms with Crippen LogP contribution in [0.1, 0.15) is 56.6 Å². The van der Waals surface area contributed by atoms with Gasteiger partial charge in [0.15, 0.2) is 35.4 Å². The number of anilines is 1. The lowest BCUT2D eigenvalue weighted by Crippen LogP contribution is -2.40. The number of esters is 3. The molecule has 230 valence electrons. The summed E-state index contributed by atoms with van der Waals surface area (Å²) in [5.41, 5.74) is 7.09. The van der Waals surface area contributed by atoms with Gasteiger partial charge in [0.05, 0.1) is 19.4 Å². The molecule has 0 saturated carbocycles. The first-order valence-electron chi connectivity index (χ1n) is 13.9. The van der Waals surface area contributed by atoms with Crippen LogP contribution in [-0.2, 0) is 33.3 Å². The van der Waals surface area contributed by atoms with Crippen molar-refractivity contribution in [3.05, 3.63) is 48.5 Å². The van der Waals surface area contributed by atoms with Crippen molar-refractivity contribution in [3.63, 3.8) is 0 Å². The number of nitrogens with zero attached hydrogens (tertiary/aromatic N) is 4. The molecular weight excluding hydrogens is 560 g/mol. The molecule has 1 amide bonds. The maximum Gasteiger partial charge on any atom is 0.308 e. The first-order chi connectivity index (χ1) is 20.6. The zero-order chi connectivity index (χ0) is 31.1. The molecular formula is C29H36N6O8. The van der Waals surface area contributed by atoms with E-state index in [4.69, 9.17) is 24.7 Å². The van der Waals surface area contributed by atoms with Crippen molar-refractivity contribution in [2.24, 2.45) is 17.6 Å². The Morgan fingerprint density at radius 3 is 2.37 bits per heavy atom. The number of benzene rings is 1. The van der Waals surface area contributed by atoms with E-state index in [9.17, 15) is 19.2 Å². The van der Waals surface area contributed by atoms with Crippen molar-refractivity contribution in [1.29, 1.82) is 0 Å². The number of methoxy groups -OCH3 is 1. The van der Waals surface area contributed by atoms with Gasteiger partial charge in [0.2, 0.25) is 0 Å². The molecule has 3 aromatic rings. The van der Waals surface area contributed by atoms with Gasteiger partial charge in [0, 0.05) is 19.4 Å². The summed E-state index contributed by atoms with van der Waals surface area (Å²) in [6, 6.07) is 8.63. The number of rotatable bonds is 12. The molecule has 1 fully saturated rings. The Morgan fingerprint density at radius 2 is 1.72 bits per heavy atom. The molecule has 0 aliphatic carbocycles. The molecule has 0 bridgehead atoms. The molecule has 1 unspecified atom stereocenters. The average molecular weight is 597 g/mol. The van der Waals surface area contributed by atoms with Crippen LogP contribution in [0.3, 0.4) is 0 Å². The van der Waals surface area contributed by atoms with Crippen molar-refractivity contribution in [1.82, 2.24) is 19.5 Å². The van der Waals surface area contributed by atoms with Crippen molar-refractivity contribution in [2.45, 2.75) is 64.6 Å². The number of nitrogens with two attached hydrogens (primary N) is 1. The van der Waals surface area contributed by atoms with Gasteiger partial charge < -0.3 is 30.0 Å². The Balaban J connectivity index is 1.63. The second kappa shape index (κ2) is 14.2. The summed E-state index contributed by atoms with van der Waals surface area (Å²) in [6.45, 7) is 4.57. The zero-order valence-corrected chi connectivity index (χ0v) is 24.5. The molecule has 1 aliphatic heterocycles. The van der Waals surface area contributed by atoms with Crippen LogP contribution >= 0.6 is 0 Å². The molecule has 1 aliphatic rings. The molecule has 14 nitrogen and oxygen atoms in total. The predicted molar refractivity (Wildman–Crippen MR) is 152 cm³/mol. The van der Waals surface area contributed by atoms with E-state index in [-0.39, 0.29) is 41.6 Å². The smallest absolute Gasteiger partial charge is 0.308 e. The third kappa shape index (κ3) is 7.51. The number of amides is 1. The van der Waals surface area contributed by atoms with Crippen LogP contribution in [-0.4, -0.2) is 75.3 Å². The molecule has 43 heavy (non-hydrogen) atoms. The number of aromatic nitrogens is 4. The Hall–Kier alpha value is -4.43. The maximum atomic E-state index is 12.8. The number of hydrogen-bond acceptors (Lipinski definition) is 12. The van der Waals surface area contributed by atoms with Gasteiger partial charge in [0.25, 0.3) is 5.91 Å². The molecule has 6 atom stereocenters. The summed E-state index contributed by atoms with van der Waals surface area (Å²) >= 11 is 0. The van der Waals surface area contributed by atoms with Crippen molar-refractivity contribution < 1.29 is 38.1 Å². The van der Waals surface area contributed by atoms with E-state index in [1.807, 2.05) is 0 Å². The van der Waals surface area contributed by atoms with E-state index in [0.29, 0.717) is 30.5 Å². The Morgan fingerprint density at radius 1 is 1.02 bits per heavy atom. The summed E-state index contributed by atoms with van der Waals surface area (Å²) in [4.78, 5) is 62.0. The minimum atomic E-state index is -1.05. The molecule has 1 saturated heterocycles. The minimum absolute atomic E-state index is 0.103. The minimum Gasteiger partial charge on any atom is -0.469 e. The first kappa shape index (κ1) is 31.5. The lowest BCUT2D eigenvalue weighted by molar-refractivity contribution is -0.165. The Bertz CT molecular complexity index is 1450. The van der Waals surface area contributed by atoms with Crippen molar-refractivity contribution in [2.75, 3.05) is 19.0 Å². The molecule has 2 aromatic heterocycles. The highest BCUT2D eigenvalue weighted by Crippen LogP contribution is 2.39. The maximum absolute atomic E-state index is 12.8. The fraction of sp³-hybridized carbons (Fsp3) is 0.483. The van der Waals surface area contributed by atoms with E-state index in [1.54, 1.807) is 41.8 Å². The first-order valence-corrected chi connectivity index (χ1v) is 13.9. The van der Waals surface area contributed by atoms with Crippen molar-refractivity contribution >= 4 is 40.8 Å². The molecule has 0 radical (unpaired) electrons. The Labute approximate surface area is 248 Å². The van der Waals surface area contributed by atoms with Gasteiger partial charge in [0.1, 0.15) is 12.4 Å². The fourth-order valence-corrected chi connectivity index (χ4v) is 5.14. The monoisotopic (exact) mass is 596 g/mol. The highest BCUT2D eigenvalue weighted by Gasteiger charge is 2.51. The lowest BCUT2D eigenvalue weighted by atomic mass is 9.90. The molecule has 14 heteroatoms. The molecule has 4 rings (SSSR count). The van der Waals surface area contributed by atoms with Gasteiger partial charge in [-0.3, -0.25) is 23.7 Å². The Kier molecular flexibility index (Phi) is 10.4. The summed E-state index contributed by atoms with van der Waals surface area (Å²) in [7, 11) is 1.34. The van der Waals surface area contributed by atoms with Crippen LogP contribution in [0.4, 0.5) is 5.82 Å². The number of hydrogen-bond donors (Lipinski definition) is 2. The largest absolute Gasteiger partial charge is 0.469 e. The highest BCUT2D eigenvalue weighted by molar-refractivity contribution is 6.06. The normalized spacial score (nSPS) is 21.1. The number of fused-ring (bicyclic) bond motifs is 1. The number of ether oxygens (including phenoxy) is 4.